The molecule has 0 atom stereocenters. The number of rotatable bonds is 5. The van der Waals surface area contributed by atoms with Gasteiger partial charge in [0.15, 0.2) is 0 Å². The average Bonchev–Trinajstić information content (AvgIpc) is 3.09. The molecule has 0 saturated heterocycles. The molecule has 0 radical (unpaired) electrons. The molecule has 1 aliphatic carbocycles. The minimum absolute atomic E-state index is 0.417. The van der Waals surface area contributed by atoms with Crippen LogP contribution in [0.4, 0.5) is 11.4 Å². The molecule has 5 heteroatoms. The van der Waals surface area contributed by atoms with Gasteiger partial charge < -0.3 is 16.4 Å². The van der Waals surface area contributed by atoms with Crippen LogP contribution in [-0.4, -0.2) is 18.5 Å². The highest BCUT2D eigenvalue weighted by molar-refractivity contribution is 6.34. The molecule has 0 aliphatic heterocycles. The Kier molecular flexibility index (Phi) is 3.66. The van der Waals surface area contributed by atoms with Crippen LogP contribution in [0.1, 0.15) is 36.5 Å². The van der Waals surface area contributed by atoms with Crippen molar-refractivity contribution in [1.82, 2.24) is 0 Å². The molecule has 98 valence electrons. The van der Waals surface area contributed by atoms with Gasteiger partial charge in [-0.2, -0.15) is 0 Å². The van der Waals surface area contributed by atoms with E-state index < -0.39 is 5.91 Å². The van der Waals surface area contributed by atoms with Gasteiger partial charge in [0, 0.05) is 18.3 Å². The highest BCUT2D eigenvalue weighted by Crippen LogP contribution is 2.39. The molecule has 0 spiro atoms. The molecule has 0 unspecified atom stereocenters. The van der Waals surface area contributed by atoms with Crippen molar-refractivity contribution in [2.24, 2.45) is 5.73 Å². The first-order valence-electron chi connectivity index (χ1n) is 6.20. The lowest BCUT2D eigenvalue weighted by molar-refractivity contribution is 0.100. The third-order valence-corrected chi connectivity index (χ3v) is 3.38. The van der Waals surface area contributed by atoms with E-state index in [2.05, 4.69) is 11.8 Å². The van der Waals surface area contributed by atoms with Gasteiger partial charge in [-0.05, 0) is 31.4 Å². The zero-order chi connectivity index (χ0) is 13.3. The Labute approximate surface area is 112 Å². The number of hydrogen-bond donors (Lipinski definition) is 2. The molecule has 1 aliphatic rings. The lowest BCUT2D eigenvalue weighted by Crippen LogP contribution is -2.29. The van der Waals surface area contributed by atoms with Crippen molar-refractivity contribution in [2.75, 3.05) is 17.2 Å². The summed E-state index contributed by atoms with van der Waals surface area (Å²) in [4.78, 5) is 13.7. The molecule has 2 rings (SSSR count). The minimum Gasteiger partial charge on any atom is -0.399 e. The Morgan fingerprint density at radius 1 is 1.50 bits per heavy atom. The molecule has 4 N–H and O–H groups in total. The molecule has 1 fully saturated rings. The van der Waals surface area contributed by atoms with E-state index in [1.54, 1.807) is 12.1 Å². The summed E-state index contributed by atoms with van der Waals surface area (Å²) in [5.74, 6) is -0.485. The van der Waals surface area contributed by atoms with Crippen LogP contribution in [0, 0.1) is 0 Å². The largest absolute Gasteiger partial charge is 0.399 e. The second-order valence-corrected chi connectivity index (χ2v) is 5.09. The van der Waals surface area contributed by atoms with Crippen LogP contribution < -0.4 is 16.4 Å². The fourth-order valence-electron chi connectivity index (χ4n) is 2.20. The van der Waals surface area contributed by atoms with E-state index in [0.29, 0.717) is 22.3 Å². The number of amides is 1. The molecule has 1 saturated carbocycles. The van der Waals surface area contributed by atoms with E-state index in [0.717, 1.165) is 31.5 Å². The van der Waals surface area contributed by atoms with Gasteiger partial charge in [-0.1, -0.05) is 18.5 Å². The van der Waals surface area contributed by atoms with Crippen LogP contribution in [0.3, 0.4) is 0 Å². The van der Waals surface area contributed by atoms with Crippen molar-refractivity contribution in [2.45, 2.75) is 32.2 Å². The van der Waals surface area contributed by atoms with Gasteiger partial charge in [0.1, 0.15) is 0 Å². The maximum atomic E-state index is 11.6. The van der Waals surface area contributed by atoms with E-state index in [1.165, 1.54) is 0 Å². The van der Waals surface area contributed by atoms with Crippen molar-refractivity contribution in [3.8, 4) is 0 Å². The molecule has 1 amide bonds. The predicted molar refractivity (Wildman–Crippen MR) is 75.0 cm³/mol. The fraction of sp³-hybridized carbons (Fsp3) is 0.462. The van der Waals surface area contributed by atoms with Crippen molar-refractivity contribution < 1.29 is 4.79 Å². The quantitative estimate of drug-likeness (QED) is 0.805. The third kappa shape index (κ3) is 2.53. The summed E-state index contributed by atoms with van der Waals surface area (Å²) in [5.41, 5.74) is 12.8. The summed E-state index contributed by atoms with van der Waals surface area (Å²) in [6.07, 6.45) is 3.27. The summed E-state index contributed by atoms with van der Waals surface area (Å²) < 4.78 is 0. The molecule has 0 heterocycles. The van der Waals surface area contributed by atoms with Gasteiger partial charge in [-0.3, -0.25) is 4.79 Å². The van der Waals surface area contributed by atoms with E-state index in [9.17, 15) is 4.79 Å². The van der Waals surface area contributed by atoms with Crippen LogP contribution in [0.2, 0.25) is 5.02 Å². The number of hydrogen-bond acceptors (Lipinski definition) is 3. The third-order valence-electron chi connectivity index (χ3n) is 3.09. The molecule has 0 aromatic heterocycles. The van der Waals surface area contributed by atoms with E-state index >= 15 is 0 Å². The topological polar surface area (TPSA) is 72.3 Å². The molecule has 0 bridgehead atoms. The molecule has 1 aromatic rings. The summed E-state index contributed by atoms with van der Waals surface area (Å²) in [6, 6.07) is 3.76. The van der Waals surface area contributed by atoms with Crippen LogP contribution in [-0.2, 0) is 0 Å². The standard InChI is InChI=1S/C13H18ClN3O/c1-2-5-17(9-3-4-9)12-10(13(16)18)6-8(15)7-11(12)14/h6-7,9H,2-5,15H2,1H3,(H2,16,18). The maximum absolute atomic E-state index is 11.6. The number of benzene rings is 1. The Bertz CT molecular complexity index is 472. The molecular formula is C13H18ClN3O. The lowest BCUT2D eigenvalue weighted by Gasteiger charge is -2.27. The maximum Gasteiger partial charge on any atom is 0.250 e. The van der Waals surface area contributed by atoms with Crippen molar-refractivity contribution >= 4 is 28.9 Å². The van der Waals surface area contributed by atoms with Crippen LogP contribution >= 0.6 is 11.6 Å². The Hall–Kier alpha value is -1.42. The van der Waals surface area contributed by atoms with E-state index in [1.807, 2.05) is 0 Å². The smallest absolute Gasteiger partial charge is 0.250 e. The number of nitrogens with two attached hydrogens (primary N) is 2. The Morgan fingerprint density at radius 3 is 2.67 bits per heavy atom. The van der Waals surface area contributed by atoms with Crippen LogP contribution in [0.15, 0.2) is 12.1 Å². The SMILES string of the molecule is CCCN(c1c(Cl)cc(N)cc1C(N)=O)C1CC1. The number of carbonyl (C=O) groups is 1. The zero-order valence-electron chi connectivity index (χ0n) is 10.4. The number of halogens is 1. The van der Waals surface area contributed by atoms with Crippen LogP contribution in [0.5, 0.6) is 0 Å². The highest BCUT2D eigenvalue weighted by Gasteiger charge is 2.32. The van der Waals surface area contributed by atoms with Gasteiger partial charge in [0.2, 0.25) is 0 Å². The van der Waals surface area contributed by atoms with Gasteiger partial charge >= 0.3 is 0 Å². The summed E-state index contributed by atoms with van der Waals surface area (Å²) >= 11 is 6.25. The second kappa shape index (κ2) is 5.06. The van der Waals surface area contributed by atoms with Crippen molar-refractivity contribution in [1.29, 1.82) is 0 Å². The number of anilines is 2. The molecule has 18 heavy (non-hydrogen) atoms. The zero-order valence-corrected chi connectivity index (χ0v) is 11.2. The lowest BCUT2D eigenvalue weighted by atomic mass is 10.1. The molecule has 4 nitrogen and oxygen atoms in total. The van der Waals surface area contributed by atoms with Crippen molar-refractivity contribution in [3.05, 3.63) is 22.7 Å². The van der Waals surface area contributed by atoms with Gasteiger partial charge in [0.25, 0.3) is 5.91 Å². The van der Waals surface area contributed by atoms with Crippen molar-refractivity contribution in [3.63, 3.8) is 0 Å². The monoisotopic (exact) mass is 267 g/mol. The minimum atomic E-state index is -0.485. The first-order chi connectivity index (χ1) is 8.54. The normalized spacial score (nSPS) is 14.6. The van der Waals surface area contributed by atoms with Crippen LogP contribution in [0.25, 0.3) is 0 Å². The molecule has 1 aromatic carbocycles. The summed E-state index contributed by atoms with van der Waals surface area (Å²) in [5, 5.41) is 0.504. The Morgan fingerprint density at radius 2 is 2.17 bits per heavy atom. The number of carbonyl (C=O) groups excluding carboxylic acids is 1. The van der Waals surface area contributed by atoms with E-state index in [4.69, 9.17) is 23.1 Å². The summed E-state index contributed by atoms with van der Waals surface area (Å²) in [7, 11) is 0. The number of nitrogen functional groups attached to an aromatic ring is 1. The average molecular weight is 268 g/mol. The first-order valence-corrected chi connectivity index (χ1v) is 6.57. The highest BCUT2D eigenvalue weighted by atomic mass is 35.5. The van der Waals surface area contributed by atoms with Gasteiger partial charge in [-0.15, -0.1) is 0 Å². The van der Waals surface area contributed by atoms with Gasteiger partial charge in [0.05, 0.1) is 16.3 Å². The number of nitrogens with zero attached hydrogens (tertiary/aromatic N) is 1. The summed E-state index contributed by atoms with van der Waals surface area (Å²) in [6.45, 7) is 2.97. The fourth-order valence-corrected chi connectivity index (χ4v) is 2.54. The second-order valence-electron chi connectivity index (χ2n) is 4.69. The molecular weight excluding hydrogens is 250 g/mol. The Balaban J connectivity index is 2.49. The predicted octanol–water partition coefficient (Wildman–Crippen LogP) is 2.40. The first kappa shape index (κ1) is 13.0. The van der Waals surface area contributed by atoms with E-state index in [-0.39, 0.29) is 0 Å². The number of primary amides is 1. The van der Waals surface area contributed by atoms with Gasteiger partial charge in [-0.25, -0.2) is 0 Å².